The molecule has 1 rings (SSSR count). The van der Waals surface area contributed by atoms with Crippen molar-refractivity contribution in [3.8, 4) is 5.75 Å². The minimum Gasteiger partial charge on any atom is -0.493 e. The van der Waals surface area contributed by atoms with Crippen LogP contribution in [0.1, 0.15) is 28.4 Å². The molecule has 0 aliphatic carbocycles. The van der Waals surface area contributed by atoms with Crippen molar-refractivity contribution in [3.05, 3.63) is 28.8 Å². The molecule has 0 fully saturated rings. The van der Waals surface area contributed by atoms with E-state index in [1.165, 1.54) is 0 Å². The quantitative estimate of drug-likeness (QED) is 0.665. The first-order chi connectivity index (χ1) is 6.20. The highest BCUT2D eigenvalue weighted by molar-refractivity contribution is 5.79. The molecule has 70 valence electrons. The first-order valence-corrected chi connectivity index (χ1v) is 4.38. The number of carbonyl (C=O) groups excluding carboxylic acids is 1. The van der Waals surface area contributed by atoms with Crippen LogP contribution in [0.5, 0.6) is 5.75 Å². The molecule has 0 aromatic heterocycles. The highest BCUT2D eigenvalue weighted by Gasteiger charge is 2.06. The maximum absolute atomic E-state index is 10.6. The summed E-state index contributed by atoms with van der Waals surface area (Å²) in [5.74, 6) is 0.840. The number of hydrogen-bond acceptors (Lipinski definition) is 2. The van der Waals surface area contributed by atoms with Gasteiger partial charge in [-0.1, -0.05) is 12.1 Å². The molecule has 0 aliphatic rings. The minimum absolute atomic E-state index is 0.629. The Bertz CT molecular complexity index is 316. The van der Waals surface area contributed by atoms with Crippen molar-refractivity contribution in [2.75, 3.05) is 6.61 Å². The molecule has 2 heteroatoms. The van der Waals surface area contributed by atoms with Crippen LogP contribution in [0, 0.1) is 13.8 Å². The van der Waals surface area contributed by atoms with E-state index in [1.807, 2.05) is 32.9 Å². The molecule has 0 spiro atoms. The molecule has 0 heterocycles. The monoisotopic (exact) mass is 178 g/mol. The van der Waals surface area contributed by atoms with Crippen molar-refractivity contribution in [1.82, 2.24) is 0 Å². The lowest BCUT2D eigenvalue weighted by Gasteiger charge is -2.11. The van der Waals surface area contributed by atoms with Crippen molar-refractivity contribution in [2.45, 2.75) is 20.8 Å². The largest absolute Gasteiger partial charge is 0.493 e. The smallest absolute Gasteiger partial charge is 0.150 e. The van der Waals surface area contributed by atoms with Gasteiger partial charge in [-0.3, -0.25) is 4.79 Å². The predicted molar refractivity (Wildman–Crippen MR) is 52.5 cm³/mol. The summed E-state index contributed by atoms with van der Waals surface area (Å²) in [7, 11) is 0. The Kier molecular flexibility index (Phi) is 3.07. The van der Waals surface area contributed by atoms with Crippen molar-refractivity contribution >= 4 is 6.29 Å². The fraction of sp³-hybridized carbons (Fsp3) is 0.364. The van der Waals surface area contributed by atoms with E-state index in [-0.39, 0.29) is 0 Å². The van der Waals surface area contributed by atoms with Crippen LogP contribution in [0.3, 0.4) is 0 Å². The SMILES string of the molecule is CCOc1c(C)ccc(C=O)c1C. The predicted octanol–water partition coefficient (Wildman–Crippen LogP) is 2.51. The van der Waals surface area contributed by atoms with Gasteiger partial charge in [-0.25, -0.2) is 0 Å². The molecule has 0 atom stereocenters. The number of rotatable bonds is 3. The van der Waals surface area contributed by atoms with Gasteiger partial charge in [0.2, 0.25) is 0 Å². The van der Waals surface area contributed by atoms with Crippen LogP contribution in [0.15, 0.2) is 12.1 Å². The zero-order chi connectivity index (χ0) is 9.84. The second kappa shape index (κ2) is 4.08. The highest BCUT2D eigenvalue weighted by atomic mass is 16.5. The second-order valence-electron chi connectivity index (χ2n) is 2.98. The summed E-state index contributed by atoms with van der Waals surface area (Å²) in [6.45, 7) is 6.45. The zero-order valence-corrected chi connectivity index (χ0v) is 8.26. The third-order valence-corrected chi connectivity index (χ3v) is 2.06. The van der Waals surface area contributed by atoms with Crippen LogP contribution in [0.2, 0.25) is 0 Å². The summed E-state index contributed by atoms with van der Waals surface area (Å²) >= 11 is 0. The van der Waals surface area contributed by atoms with Gasteiger partial charge >= 0.3 is 0 Å². The van der Waals surface area contributed by atoms with E-state index in [9.17, 15) is 4.79 Å². The molecule has 0 unspecified atom stereocenters. The topological polar surface area (TPSA) is 26.3 Å². The van der Waals surface area contributed by atoms with Crippen LogP contribution >= 0.6 is 0 Å². The molecule has 13 heavy (non-hydrogen) atoms. The standard InChI is InChI=1S/C11H14O2/c1-4-13-11-8(2)5-6-10(7-12)9(11)3/h5-7H,4H2,1-3H3. The van der Waals surface area contributed by atoms with Gasteiger partial charge in [-0.05, 0) is 26.3 Å². The number of aldehydes is 1. The number of aryl methyl sites for hydroxylation is 1. The lowest BCUT2D eigenvalue weighted by atomic mass is 10.1. The van der Waals surface area contributed by atoms with Gasteiger partial charge in [0, 0.05) is 11.1 Å². The van der Waals surface area contributed by atoms with Crippen LogP contribution in [-0.4, -0.2) is 12.9 Å². The van der Waals surface area contributed by atoms with Gasteiger partial charge in [0.25, 0.3) is 0 Å². The molecular weight excluding hydrogens is 164 g/mol. The van der Waals surface area contributed by atoms with E-state index in [0.717, 1.165) is 23.2 Å². The van der Waals surface area contributed by atoms with Gasteiger partial charge in [0.05, 0.1) is 6.61 Å². The Balaban J connectivity index is 3.21. The molecule has 0 saturated heterocycles. The van der Waals surface area contributed by atoms with Crippen molar-refractivity contribution in [2.24, 2.45) is 0 Å². The van der Waals surface area contributed by atoms with E-state index < -0.39 is 0 Å². The van der Waals surface area contributed by atoms with E-state index in [4.69, 9.17) is 4.74 Å². The summed E-state index contributed by atoms with van der Waals surface area (Å²) in [5, 5.41) is 0. The molecular formula is C11H14O2. The molecule has 1 aromatic rings. The lowest BCUT2D eigenvalue weighted by Crippen LogP contribution is -1.99. The number of ether oxygens (including phenoxy) is 1. The average molecular weight is 178 g/mol. The Morgan fingerprint density at radius 2 is 2.08 bits per heavy atom. The first-order valence-electron chi connectivity index (χ1n) is 4.38. The van der Waals surface area contributed by atoms with E-state index in [2.05, 4.69) is 0 Å². The molecule has 0 aliphatic heterocycles. The van der Waals surface area contributed by atoms with Crippen LogP contribution in [-0.2, 0) is 0 Å². The van der Waals surface area contributed by atoms with Crippen molar-refractivity contribution < 1.29 is 9.53 Å². The fourth-order valence-corrected chi connectivity index (χ4v) is 1.34. The normalized spacial score (nSPS) is 9.77. The Morgan fingerprint density at radius 3 is 2.62 bits per heavy atom. The van der Waals surface area contributed by atoms with Crippen LogP contribution in [0.25, 0.3) is 0 Å². The average Bonchev–Trinajstić information content (AvgIpc) is 2.12. The molecule has 0 bridgehead atoms. The maximum Gasteiger partial charge on any atom is 0.150 e. The van der Waals surface area contributed by atoms with Crippen LogP contribution < -0.4 is 4.74 Å². The zero-order valence-electron chi connectivity index (χ0n) is 8.26. The summed E-state index contributed by atoms with van der Waals surface area (Å²) in [6, 6.07) is 3.72. The summed E-state index contributed by atoms with van der Waals surface area (Å²) in [6.07, 6.45) is 0.858. The van der Waals surface area contributed by atoms with Gasteiger partial charge in [0.15, 0.2) is 0 Å². The van der Waals surface area contributed by atoms with E-state index in [0.29, 0.717) is 12.2 Å². The Hall–Kier alpha value is -1.31. The van der Waals surface area contributed by atoms with Crippen LogP contribution in [0.4, 0.5) is 0 Å². The molecule has 0 N–H and O–H groups in total. The van der Waals surface area contributed by atoms with Gasteiger partial charge < -0.3 is 4.74 Å². The number of hydrogen-bond donors (Lipinski definition) is 0. The highest BCUT2D eigenvalue weighted by Crippen LogP contribution is 2.25. The van der Waals surface area contributed by atoms with Crippen molar-refractivity contribution in [3.63, 3.8) is 0 Å². The van der Waals surface area contributed by atoms with Gasteiger partial charge in [0.1, 0.15) is 12.0 Å². The molecule has 0 radical (unpaired) electrons. The Labute approximate surface area is 78.5 Å². The van der Waals surface area contributed by atoms with Crippen molar-refractivity contribution in [1.29, 1.82) is 0 Å². The molecule has 1 aromatic carbocycles. The summed E-state index contributed by atoms with van der Waals surface area (Å²) in [5.41, 5.74) is 2.70. The van der Waals surface area contributed by atoms with E-state index in [1.54, 1.807) is 0 Å². The Morgan fingerprint density at radius 1 is 1.38 bits per heavy atom. The molecule has 2 nitrogen and oxygen atoms in total. The second-order valence-corrected chi connectivity index (χ2v) is 2.98. The maximum atomic E-state index is 10.6. The number of carbonyl (C=O) groups is 1. The lowest BCUT2D eigenvalue weighted by molar-refractivity contribution is 0.112. The van der Waals surface area contributed by atoms with Gasteiger partial charge in [-0.15, -0.1) is 0 Å². The molecule has 0 saturated carbocycles. The van der Waals surface area contributed by atoms with Gasteiger partial charge in [-0.2, -0.15) is 0 Å². The summed E-state index contributed by atoms with van der Waals surface area (Å²) < 4.78 is 5.45. The van der Waals surface area contributed by atoms with E-state index >= 15 is 0 Å². The number of benzene rings is 1. The first kappa shape index (κ1) is 9.78. The minimum atomic E-state index is 0.629. The third kappa shape index (κ3) is 1.89. The summed E-state index contributed by atoms with van der Waals surface area (Å²) in [4.78, 5) is 10.6. The molecule has 0 amide bonds. The fourth-order valence-electron chi connectivity index (χ4n) is 1.34. The third-order valence-electron chi connectivity index (χ3n) is 2.06.